The van der Waals surface area contributed by atoms with Gasteiger partial charge in [0.05, 0.1) is 6.10 Å². The second-order valence-electron chi connectivity index (χ2n) is 14.7. The Balaban J connectivity index is 1.54. The molecule has 0 aromatic heterocycles. The van der Waals surface area contributed by atoms with Gasteiger partial charge in [0.25, 0.3) is 0 Å². The summed E-state index contributed by atoms with van der Waals surface area (Å²) in [6, 6.07) is 0. The zero-order chi connectivity index (χ0) is 22.6. The summed E-state index contributed by atoms with van der Waals surface area (Å²) in [6.45, 7) is 22.6. The number of hydrogen-bond donors (Lipinski definition) is 1. The van der Waals surface area contributed by atoms with Gasteiger partial charge in [-0.3, -0.25) is 0 Å². The molecule has 0 saturated heterocycles. The van der Waals surface area contributed by atoms with Gasteiger partial charge in [0.2, 0.25) is 0 Å². The fourth-order valence-electron chi connectivity index (χ4n) is 11.4. The number of allylic oxidation sites excluding steroid dienone is 1. The maximum Gasteiger partial charge on any atom is 0.0594 e. The molecule has 0 aromatic rings. The average molecular weight is 427 g/mol. The molecule has 5 fully saturated rings. The predicted molar refractivity (Wildman–Crippen MR) is 131 cm³/mol. The smallest absolute Gasteiger partial charge is 0.0594 e. The molecule has 0 bridgehead atoms. The lowest BCUT2D eigenvalue weighted by Gasteiger charge is -2.73. The lowest BCUT2D eigenvalue weighted by atomic mass is 9.31. The Bertz CT molecular complexity index is 766. The first kappa shape index (κ1) is 22.5. The van der Waals surface area contributed by atoms with Gasteiger partial charge in [-0.2, -0.15) is 0 Å². The number of aliphatic hydroxyl groups is 1. The molecule has 5 aliphatic rings. The molecule has 0 heterocycles. The highest BCUT2D eigenvalue weighted by Gasteiger charge is 2.69. The van der Waals surface area contributed by atoms with E-state index in [-0.39, 0.29) is 11.5 Å². The highest BCUT2D eigenvalue weighted by atomic mass is 16.3. The first-order chi connectivity index (χ1) is 14.3. The molecular weight excluding hydrogens is 376 g/mol. The van der Waals surface area contributed by atoms with E-state index in [1.807, 2.05) is 0 Å². The summed E-state index contributed by atoms with van der Waals surface area (Å²) in [6.07, 6.45) is 13.2. The fourth-order valence-corrected chi connectivity index (χ4v) is 11.4. The Labute approximate surface area is 192 Å². The summed E-state index contributed by atoms with van der Waals surface area (Å²) in [7, 11) is 0. The minimum atomic E-state index is -0.119. The van der Waals surface area contributed by atoms with Crippen molar-refractivity contribution < 1.29 is 5.11 Å². The maximum absolute atomic E-state index is 10.9. The minimum absolute atomic E-state index is 0.0623. The Hall–Kier alpha value is -0.300. The standard InChI is InChI=1S/C30H50O/c1-19-11-14-27(5)17-18-29(7)21(25(27)20(19)2)9-10-23-28(6)15-13-24(31)26(3,4)22(28)12-16-30(23,29)8/h20-25,31H,1,9-18H2,2-8H3/t20-,21+,22+,23-,24+,25-,27-,28+,29-,30-/m1/s1. The van der Waals surface area contributed by atoms with Crippen LogP contribution in [0.3, 0.4) is 0 Å². The molecule has 0 aromatic carbocycles. The van der Waals surface area contributed by atoms with Gasteiger partial charge in [0.15, 0.2) is 0 Å². The van der Waals surface area contributed by atoms with Crippen molar-refractivity contribution in [2.75, 3.05) is 0 Å². The van der Waals surface area contributed by atoms with Crippen LogP contribution in [0.5, 0.6) is 0 Å². The molecule has 0 spiro atoms. The third-order valence-electron chi connectivity index (χ3n) is 13.6. The molecule has 1 heteroatoms. The number of hydrogen-bond acceptors (Lipinski definition) is 1. The quantitative estimate of drug-likeness (QED) is 0.389. The molecule has 0 unspecified atom stereocenters. The molecular formula is C30H50O. The van der Waals surface area contributed by atoms with Crippen LogP contribution in [0.15, 0.2) is 12.2 Å². The molecule has 5 aliphatic carbocycles. The molecule has 0 amide bonds. The van der Waals surface area contributed by atoms with E-state index in [1.165, 1.54) is 63.4 Å². The Morgan fingerprint density at radius 1 is 0.774 bits per heavy atom. The van der Waals surface area contributed by atoms with Crippen LogP contribution in [-0.2, 0) is 0 Å². The van der Waals surface area contributed by atoms with Gasteiger partial charge in [0.1, 0.15) is 0 Å². The predicted octanol–water partition coefficient (Wildman–Crippen LogP) is 8.02. The van der Waals surface area contributed by atoms with Crippen LogP contribution in [0.1, 0.15) is 113 Å². The fraction of sp³-hybridized carbons (Fsp3) is 0.933. The van der Waals surface area contributed by atoms with Gasteiger partial charge < -0.3 is 5.11 Å². The second-order valence-corrected chi connectivity index (χ2v) is 14.7. The van der Waals surface area contributed by atoms with Gasteiger partial charge in [-0.1, -0.05) is 60.6 Å². The van der Waals surface area contributed by atoms with E-state index in [0.29, 0.717) is 33.5 Å². The third kappa shape index (κ3) is 2.65. The molecule has 5 rings (SSSR count). The van der Waals surface area contributed by atoms with Gasteiger partial charge >= 0.3 is 0 Å². The summed E-state index contributed by atoms with van der Waals surface area (Å²) >= 11 is 0. The van der Waals surface area contributed by atoms with E-state index < -0.39 is 0 Å². The minimum Gasteiger partial charge on any atom is -0.393 e. The van der Waals surface area contributed by atoms with Crippen LogP contribution in [0, 0.1) is 56.7 Å². The summed E-state index contributed by atoms with van der Waals surface area (Å²) in [4.78, 5) is 0. The first-order valence-electron chi connectivity index (χ1n) is 13.7. The van der Waals surface area contributed by atoms with Crippen LogP contribution in [0.25, 0.3) is 0 Å². The number of aliphatic hydroxyl groups excluding tert-OH is 1. The summed E-state index contributed by atoms with van der Waals surface area (Å²) < 4.78 is 0. The molecule has 1 N–H and O–H groups in total. The average Bonchev–Trinajstić information content (AvgIpc) is 2.69. The van der Waals surface area contributed by atoms with Crippen molar-refractivity contribution in [3.05, 3.63) is 12.2 Å². The number of fused-ring (bicyclic) bond motifs is 7. The van der Waals surface area contributed by atoms with E-state index >= 15 is 0 Å². The van der Waals surface area contributed by atoms with E-state index in [4.69, 9.17) is 0 Å². The van der Waals surface area contributed by atoms with E-state index in [9.17, 15) is 5.11 Å². The highest BCUT2D eigenvalue weighted by molar-refractivity contribution is 5.21. The van der Waals surface area contributed by atoms with Crippen LogP contribution in [-0.4, -0.2) is 11.2 Å². The molecule has 0 radical (unpaired) electrons. The molecule has 10 atom stereocenters. The van der Waals surface area contributed by atoms with Gasteiger partial charge in [0, 0.05) is 0 Å². The normalized spacial score (nSPS) is 58.5. The van der Waals surface area contributed by atoms with Gasteiger partial charge in [-0.25, -0.2) is 0 Å². The zero-order valence-electron chi connectivity index (χ0n) is 21.7. The second kappa shape index (κ2) is 6.64. The van der Waals surface area contributed by atoms with Crippen LogP contribution in [0.4, 0.5) is 0 Å². The largest absolute Gasteiger partial charge is 0.393 e. The third-order valence-corrected chi connectivity index (χ3v) is 13.6. The lowest BCUT2D eigenvalue weighted by molar-refractivity contribution is -0.251. The summed E-state index contributed by atoms with van der Waals surface area (Å²) in [5.41, 5.74) is 3.43. The van der Waals surface area contributed by atoms with Crippen molar-refractivity contribution in [2.24, 2.45) is 56.7 Å². The summed E-state index contributed by atoms with van der Waals surface area (Å²) in [5.74, 6) is 3.88. The Morgan fingerprint density at radius 2 is 1.48 bits per heavy atom. The SMILES string of the molecule is C=C1CC[C@]2(C)CC[C@]3(C)[C@@H](CC[C@@H]4[C@@]5(C)CC[C@H](O)C(C)(C)[C@@H]5CC[C@]43C)[C@H]2[C@@H]1C. The topological polar surface area (TPSA) is 20.2 Å². The van der Waals surface area contributed by atoms with Crippen LogP contribution >= 0.6 is 0 Å². The monoisotopic (exact) mass is 426 g/mol. The Morgan fingerprint density at radius 3 is 2.19 bits per heavy atom. The van der Waals surface area contributed by atoms with E-state index in [1.54, 1.807) is 0 Å². The molecule has 1 nitrogen and oxygen atoms in total. The lowest BCUT2D eigenvalue weighted by Crippen LogP contribution is -2.67. The van der Waals surface area contributed by atoms with Crippen LogP contribution < -0.4 is 0 Å². The summed E-state index contributed by atoms with van der Waals surface area (Å²) in [5, 5.41) is 10.9. The molecule has 176 valence electrons. The van der Waals surface area contributed by atoms with Crippen molar-refractivity contribution >= 4 is 0 Å². The maximum atomic E-state index is 10.9. The van der Waals surface area contributed by atoms with E-state index in [2.05, 4.69) is 55.0 Å². The van der Waals surface area contributed by atoms with Crippen molar-refractivity contribution in [2.45, 2.75) is 119 Å². The molecule has 31 heavy (non-hydrogen) atoms. The number of rotatable bonds is 0. The Kier molecular flexibility index (Phi) is 4.82. The molecule has 0 aliphatic heterocycles. The van der Waals surface area contributed by atoms with Crippen molar-refractivity contribution in [1.29, 1.82) is 0 Å². The molecule has 5 saturated carbocycles. The van der Waals surface area contributed by atoms with Gasteiger partial charge in [-0.15, -0.1) is 0 Å². The van der Waals surface area contributed by atoms with Crippen molar-refractivity contribution in [1.82, 2.24) is 0 Å². The zero-order valence-corrected chi connectivity index (χ0v) is 21.7. The van der Waals surface area contributed by atoms with Crippen LogP contribution in [0.2, 0.25) is 0 Å². The van der Waals surface area contributed by atoms with Gasteiger partial charge in [-0.05, 0) is 121 Å². The first-order valence-corrected chi connectivity index (χ1v) is 13.7. The highest BCUT2D eigenvalue weighted by Crippen LogP contribution is 2.76. The van der Waals surface area contributed by atoms with Crippen molar-refractivity contribution in [3.63, 3.8) is 0 Å². The van der Waals surface area contributed by atoms with E-state index in [0.717, 1.165) is 24.2 Å². The van der Waals surface area contributed by atoms with Crippen molar-refractivity contribution in [3.8, 4) is 0 Å².